The van der Waals surface area contributed by atoms with Gasteiger partial charge in [0.1, 0.15) is 11.5 Å². The first-order valence-corrected chi connectivity index (χ1v) is 10.3. The zero-order valence-electron chi connectivity index (χ0n) is 17.3. The first-order chi connectivity index (χ1) is 14.9. The molecule has 31 heavy (non-hydrogen) atoms. The van der Waals surface area contributed by atoms with Crippen molar-refractivity contribution in [1.29, 1.82) is 0 Å². The van der Waals surface area contributed by atoms with Crippen LogP contribution in [0.5, 0.6) is 0 Å². The van der Waals surface area contributed by atoms with Crippen LogP contribution in [0, 0.1) is 17.6 Å². The molecular formula is C24H24F2N4O. The van der Waals surface area contributed by atoms with Crippen LogP contribution >= 0.6 is 0 Å². The Morgan fingerprint density at radius 3 is 2.71 bits per heavy atom. The molecule has 1 aromatic carbocycles. The summed E-state index contributed by atoms with van der Waals surface area (Å²) in [4.78, 5) is 23.5. The van der Waals surface area contributed by atoms with E-state index in [1.54, 1.807) is 30.6 Å². The van der Waals surface area contributed by atoms with E-state index < -0.39 is 17.4 Å². The number of carbonyl (C=O) groups excluding carboxylic acids is 1. The van der Waals surface area contributed by atoms with Crippen LogP contribution in [0.25, 0.3) is 11.3 Å². The molecule has 0 spiro atoms. The van der Waals surface area contributed by atoms with Gasteiger partial charge in [0.05, 0.1) is 5.69 Å². The van der Waals surface area contributed by atoms with Gasteiger partial charge in [0.25, 0.3) is 0 Å². The number of nitrogens with zero attached hydrogens (tertiary/aromatic N) is 3. The number of nitrogens with two attached hydrogens (primary N) is 1. The first-order valence-electron chi connectivity index (χ1n) is 10.3. The highest BCUT2D eigenvalue weighted by atomic mass is 19.1. The van der Waals surface area contributed by atoms with Crippen LogP contribution in [0.1, 0.15) is 29.4 Å². The molecule has 1 saturated heterocycles. The number of aromatic nitrogens is 2. The van der Waals surface area contributed by atoms with E-state index >= 15 is 0 Å². The number of benzene rings is 1. The summed E-state index contributed by atoms with van der Waals surface area (Å²) in [5, 5.41) is 0. The zero-order valence-corrected chi connectivity index (χ0v) is 17.3. The standard InChI is InChI=1S/C24H24F2N4O/c1-15-10-17(27)14-30(13-15)22-8-9-28-12-16(22)11-23(31)24-20(26)6-7-21(29-24)18-4-2-3-5-19(18)25/h2-9,12,15,17H,10-11,13-14,27H2,1H3. The Morgan fingerprint density at radius 2 is 1.94 bits per heavy atom. The van der Waals surface area contributed by atoms with E-state index in [0.29, 0.717) is 18.0 Å². The lowest BCUT2D eigenvalue weighted by molar-refractivity contribution is 0.0984. The van der Waals surface area contributed by atoms with Crippen LogP contribution in [0.4, 0.5) is 14.5 Å². The Hall–Kier alpha value is -3.19. The van der Waals surface area contributed by atoms with Gasteiger partial charge in [0, 0.05) is 54.8 Å². The molecule has 0 radical (unpaired) electrons. The van der Waals surface area contributed by atoms with E-state index in [2.05, 4.69) is 21.8 Å². The molecule has 0 amide bonds. The second-order valence-electron chi connectivity index (χ2n) is 8.12. The predicted molar refractivity (Wildman–Crippen MR) is 116 cm³/mol. The van der Waals surface area contributed by atoms with Gasteiger partial charge in [-0.15, -0.1) is 0 Å². The number of hydrogen-bond acceptors (Lipinski definition) is 5. The SMILES string of the molecule is CC1CC(N)CN(c2ccncc2CC(=O)c2nc(-c3ccccc3F)ccc2F)C1. The molecule has 2 atom stereocenters. The van der Waals surface area contributed by atoms with Gasteiger partial charge in [-0.25, -0.2) is 13.8 Å². The van der Waals surface area contributed by atoms with Crippen molar-refractivity contribution in [2.45, 2.75) is 25.8 Å². The normalized spacial score (nSPS) is 18.8. The van der Waals surface area contributed by atoms with E-state index in [4.69, 9.17) is 5.73 Å². The van der Waals surface area contributed by atoms with E-state index in [1.807, 2.05) is 6.07 Å². The van der Waals surface area contributed by atoms with Crippen molar-refractivity contribution in [1.82, 2.24) is 9.97 Å². The van der Waals surface area contributed by atoms with Gasteiger partial charge >= 0.3 is 0 Å². The molecule has 160 valence electrons. The average Bonchev–Trinajstić information content (AvgIpc) is 2.74. The Bertz CT molecular complexity index is 1090. The van der Waals surface area contributed by atoms with Crippen LogP contribution in [0.2, 0.25) is 0 Å². The Kier molecular flexibility index (Phi) is 6.04. The van der Waals surface area contributed by atoms with Crippen LogP contribution in [0.15, 0.2) is 54.9 Å². The molecular weight excluding hydrogens is 398 g/mol. The van der Waals surface area contributed by atoms with Gasteiger partial charge in [0.2, 0.25) is 0 Å². The molecule has 3 heterocycles. The van der Waals surface area contributed by atoms with Crippen molar-refractivity contribution in [3.05, 3.63) is 77.8 Å². The molecule has 0 aliphatic carbocycles. The second kappa shape index (κ2) is 8.89. The Morgan fingerprint density at radius 1 is 1.13 bits per heavy atom. The number of Topliss-reactive ketones (excluding diaryl/α,β-unsaturated/α-hetero) is 1. The minimum atomic E-state index is -0.732. The lowest BCUT2D eigenvalue weighted by Gasteiger charge is -2.37. The van der Waals surface area contributed by atoms with Gasteiger partial charge in [-0.2, -0.15) is 0 Å². The van der Waals surface area contributed by atoms with Crippen molar-refractivity contribution in [2.75, 3.05) is 18.0 Å². The summed E-state index contributed by atoms with van der Waals surface area (Å²) < 4.78 is 28.6. The molecule has 1 fully saturated rings. The zero-order chi connectivity index (χ0) is 22.0. The van der Waals surface area contributed by atoms with Gasteiger partial charge < -0.3 is 10.6 Å². The number of rotatable bonds is 5. The minimum Gasteiger partial charge on any atom is -0.369 e. The largest absolute Gasteiger partial charge is 0.369 e. The molecule has 3 aromatic rings. The number of pyridine rings is 2. The molecule has 0 saturated carbocycles. The Balaban J connectivity index is 1.63. The third-order valence-corrected chi connectivity index (χ3v) is 5.52. The lowest BCUT2D eigenvalue weighted by atomic mass is 9.95. The van der Waals surface area contributed by atoms with Crippen molar-refractivity contribution >= 4 is 11.5 Å². The van der Waals surface area contributed by atoms with E-state index in [1.165, 1.54) is 12.1 Å². The van der Waals surface area contributed by atoms with Crippen molar-refractivity contribution in [2.24, 2.45) is 11.7 Å². The molecule has 0 bridgehead atoms. The van der Waals surface area contributed by atoms with Gasteiger partial charge in [0.15, 0.2) is 11.6 Å². The number of hydrogen-bond donors (Lipinski definition) is 1. The highest BCUT2D eigenvalue weighted by Gasteiger charge is 2.25. The van der Waals surface area contributed by atoms with Gasteiger partial charge in [-0.1, -0.05) is 19.1 Å². The number of anilines is 1. The number of halogens is 2. The number of carbonyl (C=O) groups is 1. The maximum absolute atomic E-state index is 14.5. The average molecular weight is 422 g/mol. The summed E-state index contributed by atoms with van der Waals surface area (Å²) in [5.74, 6) is -1.27. The molecule has 2 unspecified atom stereocenters. The summed E-state index contributed by atoms with van der Waals surface area (Å²) >= 11 is 0. The lowest BCUT2D eigenvalue weighted by Crippen LogP contribution is -2.46. The fourth-order valence-corrected chi connectivity index (χ4v) is 4.17. The van der Waals surface area contributed by atoms with E-state index in [9.17, 15) is 13.6 Å². The Labute approximate surface area is 179 Å². The predicted octanol–water partition coefficient (Wildman–Crippen LogP) is 4.02. The smallest absolute Gasteiger partial charge is 0.188 e. The van der Waals surface area contributed by atoms with Crippen LogP contribution in [-0.2, 0) is 6.42 Å². The molecule has 1 aliphatic heterocycles. The van der Waals surface area contributed by atoms with Crippen LogP contribution in [-0.4, -0.2) is 34.9 Å². The topological polar surface area (TPSA) is 72.1 Å². The maximum atomic E-state index is 14.5. The van der Waals surface area contributed by atoms with Crippen molar-refractivity contribution in [3.8, 4) is 11.3 Å². The summed E-state index contributed by atoms with van der Waals surface area (Å²) in [7, 11) is 0. The first kappa shape index (κ1) is 21.1. The summed E-state index contributed by atoms with van der Waals surface area (Å²) in [6, 6.07) is 10.5. The van der Waals surface area contributed by atoms with Gasteiger partial charge in [-0.05, 0) is 42.7 Å². The number of piperidine rings is 1. The highest BCUT2D eigenvalue weighted by molar-refractivity contribution is 5.97. The molecule has 2 N–H and O–H groups in total. The van der Waals surface area contributed by atoms with Crippen LogP contribution < -0.4 is 10.6 Å². The van der Waals surface area contributed by atoms with Crippen molar-refractivity contribution < 1.29 is 13.6 Å². The quantitative estimate of drug-likeness (QED) is 0.629. The fourth-order valence-electron chi connectivity index (χ4n) is 4.17. The summed E-state index contributed by atoms with van der Waals surface area (Å²) in [6.45, 7) is 3.66. The minimum absolute atomic E-state index is 0.0528. The third-order valence-electron chi connectivity index (χ3n) is 5.52. The molecule has 4 rings (SSSR count). The third kappa shape index (κ3) is 4.61. The van der Waals surface area contributed by atoms with Crippen molar-refractivity contribution in [3.63, 3.8) is 0 Å². The summed E-state index contributed by atoms with van der Waals surface area (Å²) in [6.07, 6.45) is 4.18. The maximum Gasteiger partial charge on any atom is 0.188 e. The molecule has 1 aliphatic rings. The highest BCUT2D eigenvalue weighted by Crippen LogP contribution is 2.27. The fraction of sp³-hybridized carbons (Fsp3) is 0.292. The summed E-state index contributed by atoms with van der Waals surface area (Å²) in [5.41, 5.74) is 7.87. The molecule has 2 aromatic heterocycles. The number of ketones is 1. The van der Waals surface area contributed by atoms with Crippen LogP contribution in [0.3, 0.4) is 0 Å². The monoisotopic (exact) mass is 422 g/mol. The molecule has 7 heteroatoms. The second-order valence-corrected chi connectivity index (χ2v) is 8.12. The molecule has 5 nitrogen and oxygen atoms in total. The van der Waals surface area contributed by atoms with E-state index in [0.717, 1.165) is 24.7 Å². The van der Waals surface area contributed by atoms with Gasteiger partial charge in [-0.3, -0.25) is 9.78 Å². The van der Waals surface area contributed by atoms with E-state index in [-0.39, 0.29) is 29.4 Å².